The van der Waals surface area contributed by atoms with E-state index in [1.165, 1.54) is 16.8 Å². The lowest BCUT2D eigenvalue weighted by molar-refractivity contribution is 0.320. The van der Waals surface area contributed by atoms with E-state index >= 15 is 0 Å². The van der Waals surface area contributed by atoms with Gasteiger partial charge in [0, 0.05) is 17.3 Å². The van der Waals surface area contributed by atoms with Crippen LogP contribution in [0.5, 0.6) is 0 Å². The molecule has 2 heterocycles. The SMILES string of the molecule is CCc1cccc(CC2C(NSC)CCc3ccc(CC)c(=O)n32)c1. The van der Waals surface area contributed by atoms with Gasteiger partial charge < -0.3 is 4.57 Å². The Morgan fingerprint density at radius 1 is 1.16 bits per heavy atom. The van der Waals surface area contributed by atoms with Crippen LogP contribution in [0.25, 0.3) is 0 Å². The molecule has 1 aromatic carbocycles. The van der Waals surface area contributed by atoms with E-state index in [0.717, 1.165) is 37.7 Å². The third-order valence-corrected chi connectivity index (χ3v) is 5.82. The molecule has 0 saturated heterocycles. The Bertz CT molecular complexity index is 784. The van der Waals surface area contributed by atoms with Crippen molar-refractivity contribution in [3.05, 3.63) is 69.1 Å². The third-order valence-electron chi connectivity index (χ3n) is 5.28. The second kappa shape index (κ2) is 8.24. The number of nitrogens with zero attached hydrogens (tertiary/aromatic N) is 1. The van der Waals surface area contributed by atoms with Gasteiger partial charge >= 0.3 is 0 Å². The maximum Gasteiger partial charge on any atom is 0.254 e. The summed E-state index contributed by atoms with van der Waals surface area (Å²) in [4.78, 5) is 13.0. The predicted molar refractivity (Wildman–Crippen MR) is 107 cm³/mol. The van der Waals surface area contributed by atoms with Crippen molar-refractivity contribution in [1.29, 1.82) is 0 Å². The van der Waals surface area contributed by atoms with E-state index in [1.807, 2.05) is 6.07 Å². The van der Waals surface area contributed by atoms with E-state index in [4.69, 9.17) is 0 Å². The number of pyridine rings is 1. The van der Waals surface area contributed by atoms with Gasteiger partial charge in [-0.2, -0.15) is 0 Å². The summed E-state index contributed by atoms with van der Waals surface area (Å²) in [5.74, 6) is 0. The molecule has 0 aliphatic carbocycles. The Morgan fingerprint density at radius 3 is 2.68 bits per heavy atom. The molecule has 0 saturated carbocycles. The fourth-order valence-electron chi connectivity index (χ4n) is 3.89. The molecule has 3 nitrogen and oxygen atoms in total. The van der Waals surface area contributed by atoms with Crippen molar-refractivity contribution in [1.82, 2.24) is 9.29 Å². The van der Waals surface area contributed by atoms with Gasteiger partial charge in [-0.1, -0.05) is 56.1 Å². The Hall–Kier alpha value is -1.52. The highest BCUT2D eigenvalue weighted by atomic mass is 32.2. The van der Waals surface area contributed by atoms with Crippen LogP contribution in [0.4, 0.5) is 0 Å². The first-order valence-corrected chi connectivity index (χ1v) is 10.5. The summed E-state index contributed by atoms with van der Waals surface area (Å²) in [6, 6.07) is 13.5. The average Bonchev–Trinajstić information content (AvgIpc) is 2.64. The van der Waals surface area contributed by atoms with Crippen LogP contribution in [0.2, 0.25) is 0 Å². The molecule has 2 atom stereocenters. The molecule has 0 bridgehead atoms. The van der Waals surface area contributed by atoms with Crippen LogP contribution in [-0.2, 0) is 25.7 Å². The van der Waals surface area contributed by atoms with Crippen molar-refractivity contribution in [2.24, 2.45) is 0 Å². The molecule has 2 unspecified atom stereocenters. The van der Waals surface area contributed by atoms with Crippen molar-refractivity contribution >= 4 is 11.9 Å². The summed E-state index contributed by atoms with van der Waals surface area (Å²) in [5, 5.41) is 0. The van der Waals surface area contributed by atoms with Crippen molar-refractivity contribution in [3.8, 4) is 0 Å². The van der Waals surface area contributed by atoms with Gasteiger partial charge in [0.25, 0.3) is 5.56 Å². The molecule has 0 spiro atoms. The van der Waals surface area contributed by atoms with Crippen LogP contribution >= 0.6 is 11.9 Å². The first-order chi connectivity index (χ1) is 12.2. The first-order valence-electron chi connectivity index (χ1n) is 9.27. The Morgan fingerprint density at radius 2 is 1.96 bits per heavy atom. The molecule has 25 heavy (non-hydrogen) atoms. The molecule has 134 valence electrons. The van der Waals surface area contributed by atoms with Crippen LogP contribution in [-0.4, -0.2) is 16.9 Å². The molecular formula is C21H28N2OS. The highest BCUT2D eigenvalue weighted by Crippen LogP contribution is 2.28. The van der Waals surface area contributed by atoms with Crippen molar-refractivity contribution in [2.75, 3.05) is 6.26 Å². The monoisotopic (exact) mass is 356 g/mol. The van der Waals surface area contributed by atoms with E-state index in [2.05, 4.69) is 59.7 Å². The summed E-state index contributed by atoms with van der Waals surface area (Å²) < 4.78 is 5.62. The fraction of sp³-hybridized carbons (Fsp3) is 0.476. The van der Waals surface area contributed by atoms with Gasteiger partial charge in [0.2, 0.25) is 0 Å². The molecule has 0 fully saturated rings. The first kappa shape index (κ1) is 18.3. The molecule has 3 rings (SSSR count). The average molecular weight is 357 g/mol. The van der Waals surface area contributed by atoms with E-state index in [1.54, 1.807) is 11.9 Å². The molecule has 0 radical (unpaired) electrons. The lowest BCUT2D eigenvalue weighted by atomic mass is 9.90. The number of hydrogen-bond donors (Lipinski definition) is 1. The van der Waals surface area contributed by atoms with Crippen LogP contribution in [0, 0.1) is 0 Å². The Balaban J connectivity index is 2.02. The van der Waals surface area contributed by atoms with E-state index in [-0.39, 0.29) is 11.6 Å². The maximum absolute atomic E-state index is 13.0. The zero-order chi connectivity index (χ0) is 17.8. The molecule has 1 N–H and O–H groups in total. The second-order valence-electron chi connectivity index (χ2n) is 6.79. The lowest BCUT2D eigenvalue weighted by Crippen LogP contribution is -2.45. The van der Waals surface area contributed by atoms with Crippen molar-refractivity contribution in [3.63, 3.8) is 0 Å². The zero-order valence-corrected chi connectivity index (χ0v) is 16.2. The molecule has 0 amide bonds. The van der Waals surface area contributed by atoms with Crippen LogP contribution in [0.15, 0.2) is 41.2 Å². The highest BCUT2D eigenvalue weighted by molar-refractivity contribution is 7.96. The van der Waals surface area contributed by atoms with Crippen LogP contribution < -0.4 is 10.3 Å². The second-order valence-corrected chi connectivity index (χ2v) is 7.43. The summed E-state index contributed by atoms with van der Waals surface area (Å²) in [6.07, 6.45) is 6.83. The van der Waals surface area contributed by atoms with Gasteiger partial charge in [-0.25, -0.2) is 0 Å². The number of aromatic nitrogens is 1. The molecule has 1 aliphatic rings. The normalized spacial score (nSPS) is 19.6. The van der Waals surface area contributed by atoms with Crippen LogP contribution in [0.3, 0.4) is 0 Å². The zero-order valence-electron chi connectivity index (χ0n) is 15.4. The smallest absolute Gasteiger partial charge is 0.254 e. The quantitative estimate of drug-likeness (QED) is 0.796. The number of rotatable bonds is 6. The largest absolute Gasteiger partial charge is 0.307 e. The van der Waals surface area contributed by atoms with Crippen molar-refractivity contribution in [2.45, 2.75) is 58.0 Å². The number of aryl methyl sites for hydroxylation is 3. The lowest BCUT2D eigenvalue weighted by Gasteiger charge is -2.36. The van der Waals surface area contributed by atoms with Gasteiger partial charge in [-0.3, -0.25) is 9.52 Å². The minimum absolute atomic E-state index is 0.169. The van der Waals surface area contributed by atoms with Crippen LogP contribution in [0.1, 0.15) is 48.7 Å². The van der Waals surface area contributed by atoms with Gasteiger partial charge in [-0.15, -0.1) is 0 Å². The van der Waals surface area contributed by atoms with Gasteiger partial charge in [0.15, 0.2) is 0 Å². The third kappa shape index (κ3) is 3.85. The molecular weight excluding hydrogens is 328 g/mol. The topological polar surface area (TPSA) is 34.0 Å². The Kier molecular flexibility index (Phi) is 6.02. The summed E-state index contributed by atoms with van der Waals surface area (Å²) >= 11 is 1.66. The summed E-state index contributed by atoms with van der Waals surface area (Å²) in [6.45, 7) is 4.25. The summed E-state index contributed by atoms with van der Waals surface area (Å²) in [7, 11) is 0. The van der Waals surface area contributed by atoms with Gasteiger partial charge in [0.05, 0.1) is 6.04 Å². The van der Waals surface area contributed by atoms with E-state index in [0.29, 0.717) is 6.04 Å². The van der Waals surface area contributed by atoms with E-state index < -0.39 is 0 Å². The standard InChI is InChI=1S/C21H28N2OS/c1-4-15-7-6-8-16(13-15)14-20-19(22-25-3)12-11-18-10-9-17(5-2)21(24)23(18)20/h6-10,13,19-20,22H,4-5,11-12,14H2,1-3H3. The minimum atomic E-state index is 0.169. The predicted octanol–water partition coefficient (Wildman–Crippen LogP) is 3.94. The van der Waals surface area contributed by atoms with E-state index in [9.17, 15) is 4.79 Å². The molecule has 4 heteroatoms. The minimum Gasteiger partial charge on any atom is -0.307 e. The highest BCUT2D eigenvalue weighted by Gasteiger charge is 2.30. The maximum atomic E-state index is 13.0. The number of benzene rings is 1. The van der Waals surface area contributed by atoms with Gasteiger partial charge in [0.1, 0.15) is 0 Å². The molecule has 2 aromatic rings. The fourth-order valence-corrected chi connectivity index (χ4v) is 4.46. The van der Waals surface area contributed by atoms with Crippen molar-refractivity contribution < 1.29 is 0 Å². The number of fused-ring (bicyclic) bond motifs is 1. The molecule has 1 aliphatic heterocycles. The number of nitrogens with one attached hydrogen (secondary N) is 1. The Labute approximate surface area is 155 Å². The summed E-state index contributed by atoms with van der Waals surface area (Å²) in [5.41, 5.74) is 4.97. The number of hydrogen-bond acceptors (Lipinski definition) is 3. The van der Waals surface area contributed by atoms with Gasteiger partial charge in [-0.05, 0) is 55.6 Å². The molecule has 1 aromatic heterocycles.